The van der Waals surface area contributed by atoms with Gasteiger partial charge in [0.1, 0.15) is 11.6 Å². The number of esters is 1. The van der Waals surface area contributed by atoms with Gasteiger partial charge in [-0.15, -0.1) is 0 Å². The van der Waals surface area contributed by atoms with E-state index in [0.29, 0.717) is 6.07 Å². The predicted molar refractivity (Wildman–Crippen MR) is 74.7 cm³/mol. The molecule has 0 aromatic heterocycles. The van der Waals surface area contributed by atoms with Gasteiger partial charge in [0.15, 0.2) is 0 Å². The summed E-state index contributed by atoms with van der Waals surface area (Å²) >= 11 is 0. The molecule has 0 radical (unpaired) electrons. The number of hydrogen-bond acceptors (Lipinski definition) is 3. The van der Waals surface area contributed by atoms with Gasteiger partial charge in [0.2, 0.25) is 0 Å². The van der Waals surface area contributed by atoms with E-state index in [4.69, 9.17) is 4.74 Å². The molecular weight excluding hydrogens is 294 g/mol. The molecule has 0 saturated heterocycles. The highest BCUT2D eigenvalue weighted by atomic mass is 19.1. The van der Waals surface area contributed by atoms with Crippen molar-refractivity contribution in [3.05, 3.63) is 59.2 Å². The topological polar surface area (TPSA) is 63.6 Å². The Morgan fingerprint density at radius 1 is 1.14 bits per heavy atom. The number of ether oxygens (including phenoxy) is 1. The molecule has 0 atom stereocenters. The number of benzene rings is 2. The van der Waals surface area contributed by atoms with E-state index in [0.717, 1.165) is 12.1 Å². The number of halogens is 2. The van der Waals surface area contributed by atoms with Crippen LogP contribution in [0.3, 0.4) is 0 Å². The molecule has 2 rings (SSSR count). The quantitative estimate of drug-likeness (QED) is 0.878. The second kappa shape index (κ2) is 6.34. The van der Waals surface area contributed by atoms with Gasteiger partial charge in [0.05, 0.1) is 17.7 Å². The number of carbonyl (C=O) groups excluding carboxylic acids is 1. The first-order valence-corrected chi connectivity index (χ1v) is 6.44. The Hall–Kier alpha value is -2.76. The number of hydrogen-bond donors (Lipinski definition) is 1. The van der Waals surface area contributed by atoms with E-state index in [-0.39, 0.29) is 28.9 Å². The zero-order valence-corrected chi connectivity index (χ0v) is 11.6. The fourth-order valence-electron chi connectivity index (χ4n) is 2.09. The molecule has 22 heavy (non-hydrogen) atoms. The van der Waals surface area contributed by atoms with E-state index in [1.54, 1.807) is 6.92 Å². The van der Waals surface area contributed by atoms with Crippen molar-refractivity contribution < 1.29 is 28.2 Å². The lowest BCUT2D eigenvalue weighted by Gasteiger charge is -2.13. The predicted octanol–water partition coefficient (Wildman–Crippen LogP) is 3.51. The highest BCUT2D eigenvalue weighted by molar-refractivity contribution is 6.05. The Balaban J connectivity index is 2.75. The maximum atomic E-state index is 14.0. The van der Waals surface area contributed by atoms with E-state index in [2.05, 4.69) is 0 Å². The van der Waals surface area contributed by atoms with Gasteiger partial charge >= 0.3 is 11.9 Å². The first kappa shape index (κ1) is 15.6. The highest BCUT2D eigenvalue weighted by Crippen LogP contribution is 2.31. The van der Waals surface area contributed by atoms with Crippen molar-refractivity contribution in [2.45, 2.75) is 6.92 Å². The van der Waals surface area contributed by atoms with Crippen LogP contribution in [0.4, 0.5) is 8.78 Å². The van der Waals surface area contributed by atoms with Crippen LogP contribution >= 0.6 is 0 Å². The Morgan fingerprint density at radius 3 is 2.41 bits per heavy atom. The summed E-state index contributed by atoms with van der Waals surface area (Å²) in [6.07, 6.45) is 0. The zero-order chi connectivity index (χ0) is 16.3. The van der Waals surface area contributed by atoms with Crippen LogP contribution in [0.2, 0.25) is 0 Å². The zero-order valence-electron chi connectivity index (χ0n) is 11.6. The summed E-state index contributed by atoms with van der Waals surface area (Å²) < 4.78 is 31.9. The lowest BCUT2D eigenvalue weighted by Crippen LogP contribution is -2.11. The molecule has 0 fully saturated rings. The largest absolute Gasteiger partial charge is 0.478 e. The standard InChI is InChI=1S/C16H12F2O4/c1-2-22-16(21)12-5-3-4-11(15(19)20)14(12)10-7-6-9(17)8-13(10)18/h3-8H,2H2,1H3,(H,19,20). The maximum absolute atomic E-state index is 14.0. The summed E-state index contributed by atoms with van der Waals surface area (Å²) in [5.41, 5.74) is -0.670. The third kappa shape index (κ3) is 2.95. The molecule has 0 saturated carbocycles. The third-order valence-corrected chi connectivity index (χ3v) is 2.99. The van der Waals surface area contributed by atoms with E-state index in [1.807, 2.05) is 0 Å². The maximum Gasteiger partial charge on any atom is 0.338 e. The van der Waals surface area contributed by atoms with Crippen LogP contribution in [0.15, 0.2) is 36.4 Å². The molecule has 0 amide bonds. The number of rotatable bonds is 4. The van der Waals surface area contributed by atoms with Crippen LogP contribution in [-0.2, 0) is 4.74 Å². The molecule has 4 nitrogen and oxygen atoms in total. The number of aromatic carboxylic acids is 1. The summed E-state index contributed by atoms with van der Waals surface area (Å²) in [6.45, 7) is 1.68. The summed E-state index contributed by atoms with van der Waals surface area (Å²) in [5, 5.41) is 9.26. The van der Waals surface area contributed by atoms with E-state index in [9.17, 15) is 23.5 Å². The summed E-state index contributed by atoms with van der Waals surface area (Å²) in [6, 6.07) is 6.65. The van der Waals surface area contributed by atoms with Crippen LogP contribution in [-0.4, -0.2) is 23.7 Å². The Kier molecular flexibility index (Phi) is 4.50. The van der Waals surface area contributed by atoms with Gasteiger partial charge in [-0.05, 0) is 31.2 Å². The van der Waals surface area contributed by atoms with Gasteiger partial charge in [-0.2, -0.15) is 0 Å². The smallest absolute Gasteiger partial charge is 0.338 e. The van der Waals surface area contributed by atoms with Crippen LogP contribution in [0.25, 0.3) is 11.1 Å². The normalized spacial score (nSPS) is 10.3. The molecule has 0 heterocycles. The lowest BCUT2D eigenvalue weighted by atomic mass is 9.94. The van der Waals surface area contributed by atoms with Gasteiger partial charge in [0, 0.05) is 17.2 Å². The number of carboxylic acid groups (broad SMARTS) is 1. The van der Waals surface area contributed by atoms with Crippen molar-refractivity contribution in [3.63, 3.8) is 0 Å². The lowest BCUT2D eigenvalue weighted by molar-refractivity contribution is 0.0527. The van der Waals surface area contributed by atoms with Crippen molar-refractivity contribution in [1.82, 2.24) is 0 Å². The minimum atomic E-state index is -1.33. The molecule has 0 aliphatic carbocycles. The van der Waals surface area contributed by atoms with Crippen molar-refractivity contribution >= 4 is 11.9 Å². The summed E-state index contributed by atoms with van der Waals surface area (Å²) in [7, 11) is 0. The molecule has 0 spiro atoms. The van der Waals surface area contributed by atoms with Gasteiger partial charge < -0.3 is 9.84 Å². The molecule has 0 aliphatic heterocycles. The van der Waals surface area contributed by atoms with Crippen LogP contribution in [0.5, 0.6) is 0 Å². The molecule has 6 heteroatoms. The molecule has 1 N–H and O–H groups in total. The van der Waals surface area contributed by atoms with Gasteiger partial charge in [-0.25, -0.2) is 18.4 Å². The minimum absolute atomic E-state index is 0.0848. The SMILES string of the molecule is CCOC(=O)c1cccc(C(=O)O)c1-c1ccc(F)cc1F. The average molecular weight is 306 g/mol. The minimum Gasteiger partial charge on any atom is -0.478 e. The van der Waals surface area contributed by atoms with Crippen molar-refractivity contribution in [3.8, 4) is 11.1 Å². The molecular formula is C16H12F2O4. The molecule has 0 unspecified atom stereocenters. The molecule has 2 aromatic rings. The van der Waals surface area contributed by atoms with Crippen molar-refractivity contribution in [2.75, 3.05) is 6.61 Å². The molecule has 0 bridgehead atoms. The Bertz CT molecular complexity index is 741. The number of carboxylic acids is 1. The Labute approximate surface area is 125 Å². The second-order valence-electron chi connectivity index (χ2n) is 4.38. The fourth-order valence-corrected chi connectivity index (χ4v) is 2.09. The van der Waals surface area contributed by atoms with Crippen molar-refractivity contribution in [1.29, 1.82) is 0 Å². The first-order chi connectivity index (χ1) is 10.5. The summed E-state index contributed by atoms with van der Waals surface area (Å²) in [5.74, 6) is -3.86. The van der Waals surface area contributed by atoms with Crippen LogP contribution in [0, 0.1) is 11.6 Å². The van der Waals surface area contributed by atoms with Gasteiger partial charge in [-0.3, -0.25) is 0 Å². The second-order valence-corrected chi connectivity index (χ2v) is 4.38. The van der Waals surface area contributed by atoms with Gasteiger partial charge in [0.25, 0.3) is 0 Å². The number of carbonyl (C=O) groups is 2. The van der Waals surface area contributed by atoms with Crippen LogP contribution < -0.4 is 0 Å². The van der Waals surface area contributed by atoms with E-state index >= 15 is 0 Å². The van der Waals surface area contributed by atoms with Gasteiger partial charge in [-0.1, -0.05) is 6.07 Å². The molecule has 2 aromatic carbocycles. The fraction of sp³-hybridized carbons (Fsp3) is 0.125. The molecule has 0 aliphatic rings. The average Bonchev–Trinajstić information content (AvgIpc) is 2.47. The Morgan fingerprint density at radius 2 is 1.82 bits per heavy atom. The summed E-state index contributed by atoms with van der Waals surface area (Å²) in [4.78, 5) is 23.3. The van der Waals surface area contributed by atoms with E-state index in [1.165, 1.54) is 18.2 Å². The third-order valence-electron chi connectivity index (χ3n) is 2.99. The molecule has 114 valence electrons. The first-order valence-electron chi connectivity index (χ1n) is 6.44. The highest BCUT2D eigenvalue weighted by Gasteiger charge is 2.23. The van der Waals surface area contributed by atoms with Crippen molar-refractivity contribution in [2.24, 2.45) is 0 Å². The monoisotopic (exact) mass is 306 g/mol. The van der Waals surface area contributed by atoms with Crippen LogP contribution in [0.1, 0.15) is 27.6 Å². The van der Waals surface area contributed by atoms with E-state index < -0.39 is 23.6 Å².